The minimum absolute atomic E-state index is 0.0471. The average Bonchev–Trinajstić information content (AvgIpc) is 3.27. The quantitative estimate of drug-likeness (QED) is 0.390. The fourth-order valence-corrected chi connectivity index (χ4v) is 4.17. The van der Waals surface area contributed by atoms with Crippen LogP contribution in [-0.4, -0.2) is 22.4 Å². The van der Waals surface area contributed by atoms with Crippen molar-refractivity contribution >= 4 is 43.6 Å². The number of rotatable bonds is 2. The number of fused-ring (bicyclic) bond motifs is 2. The standard InChI is InChI=1S/C20H16BrFN4O/c21-14-6-17-11(5-15(14)22)13(8-24-17)19-20(27)25-9-18(26-19)12-7-23-16-4-2-1-3-10(12)16/h1-8,18-19,23-24,26H,9H2,(H,25,27)/t18?,19-/m0/s1. The summed E-state index contributed by atoms with van der Waals surface area (Å²) in [4.78, 5) is 19.0. The van der Waals surface area contributed by atoms with Crippen molar-refractivity contribution in [3.05, 3.63) is 70.2 Å². The van der Waals surface area contributed by atoms with Gasteiger partial charge in [0.15, 0.2) is 0 Å². The Bertz CT molecular complexity index is 1180. The molecule has 1 saturated heterocycles. The number of aromatic nitrogens is 2. The zero-order valence-corrected chi connectivity index (χ0v) is 15.7. The highest BCUT2D eigenvalue weighted by molar-refractivity contribution is 9.10. The molecule has 0 aliphatic carbocycles. The van der Waals surface area contributed by atoms with Crippen LogP contribution < -0.4 is 10.6 Å². The maximum atomic E-state index is 14.1. The summed E-state index contributed by atoms with van der Waals surface area (Å²) in [7, 11) is 0. The molecule has 4 aromatic rings. The van der Waals surface area contributed by atoms with Crippen LogP contribution in [0.4, 0.5) is 4.39 Å². The number of hydrogen-bond donors (Lipinski definition) is 4. The molecule has 1 aliphatic heterocycles. The number of hydrogen-bond acceptors (Lipinski definition) is 2. The number of amides is 1. The van der Waals surface area contributed by atoms with E-state index in [1.165, 1.54) is 6.07 Å². The lowest BCUT2D eigenvalue weighted by Gasteiger charge is -2.31. The topological polar surface area (TPSA) is 72.7 Å². The summed E-state index contributed by atoms with van der Waals surface area (Å²) in [5.74, 6) is -0.469. The molecule has 0 spiro atoms. The van der Waals surface area contributed by atoms with E-state index in [0.29, 0.717) is 16.4 Å². The van der Waals surface area contributed by atoms with Crippen molar-refractivity contribution in [2.75, 3.05) is 6.54 Å². The van der Waals surface area contributed by atoms with Crippen LogP contribution in [0.5, 0.6) is 0 Å². The van der Waals surface area contributed by atoms with E-state index < -0.39 is 6.04 Å². The second-order valence-electron chi connectivity index (χ2n) is 6.74. The Labute approximate surface area is 162 Å². The van der Waals surface area contributed by atoms with Crippen LogP contribution in [0.2, 0.25) is 0 Å². The summed E-state index contributed by atoms with van der Waals surface area (Å²) >= 11 is 3.20. The van der Waals surface area contributed by atoms with Crippen LogP contribution in [0.3, 0.4) is 0 Å². The summed E-state index contributed by atoms with van der Waals surface area (Å²) in [6, 6.07) is 10.6. The van der Waals surface area contributed by atoms with Gasteiger partial charge in [-0.25, -0.2) is 4.39 Å². The fraction of sp³-hybridized carbons (Fsp3) is 0.150. The van der Waals surface area contributed by atoms with E-state index in [-0.39, 0.29) is 17.8 Å². The van der Waals surface area contributed by atoms with E-state index in [1.807, 2.05) is 24.4 Å². The third-order valence-corrected chi connectivity index (χ3v) is 5.78. The molecule has 0 saturated carbocycles. The first-order chi connectivity index (χ1) is 13.1. The molecular formula is C20H16BrFN4O. The number of carbonyl (C=O) groups excluding carboxylic acids is 1. The van der Waals surface area contributed by atoms with E-state index >= 15 is 0 Å². The maximum absolute atomic E-state index is 14.1. The molecule has 3 heterocycles. The van der Waals surface area contributed by atoms with E-state index in [1.54, 1.807) is 12.3 Å². The molecule has 0 bridgehead atoms. The lowest BCUT2D eigenvalue weighted by atomic mass is 9.97. The molecule has 1 aliphatic rings. The molecule has 5 rings (SSSR count). The highest BCUT2D eigenvalue weighted by Crippen LogP contribution is 2.33. The first-order valence-corrected chi connectivity index (χ1v) is 9.47. The van der Waals surface area contributed by atoms with Crippen molar-refractivity contribution in [2.24, 2.45) is 0 Å². The molecular weight excluding hydrogens is 411 g/mol. The van der Waals surface area contributed by atoms with Crippen LogP contribution in [0.15, 0.2) is 53.3 Å². The van der Waals surface area contributed by atoms with Crippen molar-refractivity contribution in [1.82, 2.24) is 20.6 Å². The van der Waals surface area contributed by atoms with Crippen LogP contribution in [-0.2, 0) is 4.79 Å². The highest BCUT2D eigenvalue weighted by atomic mass is 79.9. The van der Waals surface area contributed by atoms with Gasteiger partial charge in [-0.05, 0) is 39.7 Å². The lowest BCUT2D eigenvalue weighted by molar-refractivity contribution is -0.125. The molecule has 1 fully saturated rings. The van der Waals surface area contributed by atoms with Crippen LogP contribution in [0, 0.1) is 5.82 Å². The first kappa shape index (κ1) is 16.5. The van der Waals surface area contributed by atoms with Gasteiger partial charge in [0.05, 0.1) is 10.5 Å². The van der Waals surface area contributed by atoms with Crippen molar-refractivity contribution in [3.63, 3.8) is 0 Å². The van der Waals surface area contributed by atoms with Gasteiger partial charge in [-0.3, -0.25) is 10.1 Å². The number of para-hydroxylation sites is 1. The summed E-state index contributed by atoms with van der Waals surface area (Å²) in [6.07, 6.45) is 3.74. The summed E-state index contributed by atoms with van der Waals surface area (Å²) in [5.41, 5.74) is 3.67. The number of piperazine rings is 1. The zero-order valence-electron chi connectivity index (χ0n) is 14.1. The summed E-state index contributed by atoms with van der Waals surface area (Å²) < 4.78 is 14.4. The molecule has 2 aromatic carbocycles. The van der Waals surface area contributed by atoms with Gasteiger partial charge in [0.2, 0.25) is 5.91 Å². The van der Waals surface area contributed by atoms with Gasteiger partial charge in [-0.2, -0.15) is 0 Å². The number of carbonyl (C=O) groups is 1. The van der Waals surface area contributed by atoms with Gasteiger partial charge in [-0.1, -0.05) is 18.2 Å². The van der Waals surface area contributed by atoms with E-state index in [0.717, 1.165) is 27.5 Å². The largest absolute Gasteiger partial charge is 0.361 e. The van der Waals surface area contributed by atoms with Gasteiger partial charge in [0, 0.05) is 46.3 Å². The molecule has 2 aromatic heterocycles. The highest BCUT2D eigenvalue weighted by Gasteiger charge is 2.32. The smallest absolute Gasteiger partial charge is 0.241 e. The molecule has 5 nitrogen and oxygen atoms in total. The third-order valence-electron chi connectivity index (χ3n) is 5.17. The Kier molecular flexibility index (Phi) is 3.80. The van der Waals surface area contributed by atoms with Gasteiger partial charge >= 0.3 is 0 Å². The van der Waals surface area contributed by atoms with Crippen molar-refractivity contribution < 1.29 is 9.18 Å². The van der Waals surface area contributed by atoms with Crippen molar-refractivity contribution in [1.29, 1.82) is 0 Å². The number of benzene rings is 2. The Morgan fingerprint density at radius 2 is 1.78 bits per heavy atom. The normalized spacial score (nSPS) is 20.3. The Morgan fingerprint density at radius 1 is 1.00 bits per heavy atom. The van der Waals surface area contributed by atoms with Gasteiger partial charge in [0.25, 0.3) is 0 Å². The molecule has 27 heavy (non-hydrogen) atoms. The monoisotopic (exact) mass is 426 g/mol. The minimum atomic E-state index is -0.563. The van der Waals surface area contributed by atoms with Crippen LogP contribution in [0.25, 0.3) is 21.8 Å². The van der Waals surface area contributed by atoms with Gasteiger partial charge in [-0.15, -0.1) is 0 Å². The predicted molar refractivity (Wildman–Crippen MR) is 106 cm³/mol. The molecule has 2 atom stereocenters. The second-order valence-corrected chi connectivity index (χ2v) is 7.60. The van der Waals surface area contributed by atoms with Crippen LogP contribution in [0.1, 0.15) is 23.2 Å². The molecule has 1 amide bonds. The molecule has 0 radical (unpaired) electrons. The molecule has 136 valence electrons. The zero-order chi connectivity index (χ0) is 18.5. The molecule has 7 heteroatoms. The minimum Gasteiger partial charge on any atom is -0.361 e. The summed E-state index contributed by atoms with van der Waals surface area (Å²) in [5, 5.41) is 8.24. The second kappa shape index (κ2) is 6.21. The fourth-order valence-electron chi connectivity index (χ4n) is 3.83. The SMILES string of the molecule is O=C1NCC(c2c[nH]c3ccccc23)N[C@H]1c1c[nH]c2cc(Br)c(F)cc12. The number of halogens is 2. The Balaban J connectivity index is 1.55. The third kappa shape index (κ3) is 2.65. The van der Waals surface area contributed by atoms with Crippen LogP contribution >= 0.6 is 15.9 Å². The van der Waals surface area contributed by atoms with E-state index in [2.05, 4.69) is 42.6 Å². The number of H-pyrrole nitrogens is 2. The van der Waals surface area contributed by atoms with Gasteiger partial charge < -0.3 is 15.3 Å². The lowest BCUT2D eigenvalue weighted by Crippen LogP contribution is -2.49. The molecule has 1 unspecified atom stereocenters. The summed E-state index contributed by atoms with van der Waals surface area (Å²) in [6.45, 7) is 0.499. The molecule has 4 N–H and O–H groups in total. The Morgan fingerprint density at radius 3 is 2.67 bits per heavy atom. The predicted octanol–water partition coefficient (Wildman–Crippen LogP) is 4.05. The number of aromatic amines is 2. The average molecular weight is 427 g/mol. The van der Waals surface area contributed by atoms with Crippen molar-refractivity contribution in [2.45, 2.75) is 12.1 Å². The van der Waals surface area contributed by atoms with E-state index in [9.17, 15) is 9.18 Å². The first-order valence-electron chi connectivity index (χ1n) is 8.67. The van der Waals surface area contributed by atoms with E-state index in [4.69, 9.17) is 0 Å². The van der Waals surface area contributed by atoms with Crippen molar-refractivity contribution in [3.8, 4) is 0 Å². The number of nitrogens with one attached hydrogen (secondary N) is 4. The Hall–Kier alpha value is -2.64. The van der Waals surface area contributed by atoms with Gasteiger partial charge in [0.1, 0.15) is 11.9 Å². The maximum Gasteiger partial charge on any atom is 0.241 e.